The fourth-order valence-corrected chi connectivity index (χ4v) is 4.62. The number of aliphatic hydroxyl groups is 1. The fraction of sp³-hybridized carbons (Fsp3) is 0.400. The normalized spacial score (nSPS) is 19.5. The number of fused-ring (bicyclic) bond motifs is 1. The van der Waals surface area contributed by atoms with Gasteiger partial charge >= 0.3 is 6.18 Å². The highest BCUT2D eigenvalue weighted by atomic mass is 19.4. The van der Waals surface area contributed by atoms with Gasteiger partial charge in [-0.2, -0.15) is 13.2 Å². The third kappa shape index (κ3) is 5.85. The Morgan fingerprint density at radius 2 is 1.69 bits per heavy atom. The van der Waals surface area contributed by atoms with Crippen LogP contribution in [0.4, 0.5) is 22.0 Å². The number of amides is 1. The molecule has 1 unspecified atom stereocenters. The summed E-state index contributed by atoms with van der Waals surface area (Å²) in [6.07, 6.45) is -0.782. The zero-order chi connectivity index (χ0) is 29.8. The molecule has 1 aromatic heterocycles. The van der Waals surface area contributed by atoms with Crippen LogP contribution in [0.1, 0.15) is 60.1 Å². The van der Waals surface area contributed by atoms with Crippen LogP contribution in [-0.4, -0.2) is 47.5 Å². The molecule has 1 aliphatic heterocycles. The molecule has 2 N–H and O–H groups in total. The van der Waals surface area contributed by atoms with Gasteiger partial charge < -0.3 is 24.6 Å². The summed E-state index contributed by atoms with van der Waals surface area (Å²) < 4.78 is 86.3. The first kappa shape index (κ1) is 28.2. The summed E-state index contributed by atoms with van der Waals surface area (Å²) in [7, 11) is 0. The van der Waals surface area contributed by atoms with E-state index < -0.39 is 48.4 Å². The Bertz CT molecular complexity index is 1540. The summed E-state index contributed by atoms with van der Waals surface area (Å²) >= 11 is 0. The molecule has 2 atom stereocenters. The maximum Gasteiger partial charge on any atom is 0.399 e. The Morgan fingerprint density at radius 3 is 2.33 bits per heavy atom. The molecule has 2 heterocycles. The number of pyridine rings is 1. The number of aromatic nitrogens is 1. The van der Waals surface area contributed by atoms with Crippen molar-refractivity contribution in [3.8, 4) is 28.5 Å². The number of hydrogen-bond acceptors (Lipinski definition) is 6. The maximum atomic E-state index is 14.0. The first-order chi connectivity index (χ1) is 19.9. The van der Waals surface area contributed by atoms with Crippen LogP contribution in [0.25, 0.3) is 11.3 Å². The van der Waals surface area contributed by atoms with Crippen molar-refractivity contribution in [1.29, 1.82) is 0 Å². The zero-order valence-corrected chi connectivity index (χ0v) is 22.4. The van der Waals surface area contributed by atoms with Crippen molar-refractivity contribution in [2.45, 2.75) is 62.5 Å². The van der Waals surface area contributed by atoms with Crippen molar-refractivity contribution >= 4 is 5.91 Å². The van der Waals surface area contributed by atoms with E-state index in [2.05, 4.69) is 10.3 Å². The van der Waals surface area contributed by atoms with Crippen molar-refractivity contribution in [3.63, 3.8) is 0 Å². The number of carbonyl (C=O) groups excluding carboxylic acids is 1. The van der Waals surface area contributed by atoms with E-state index in [0.29, 0.717) is 11.5 Å². The third-order valence-electron chi connectivity index (χ3n) is 7.35. The molecular weight excluding hydrogens is 563 g/mol. The van der Waals surface area contributed by atoms with E-state index in [1.807, 2.05) is 0 Å². The van der Waals surface area contributed by atoms with Gasteiger partial charge in [0.1, 0.15) is 29.6 Å². The van der Waals surface area contributed by atoms with Crippen molar-refractivity contribution < 1.29 is 46.1 Å². The molecule has 0 spiro atoms. The van der Waals surface area contributed by atoms with Gasteiger partial charge in [-0.1, -0.05) is 0 Å². The van der Waals surface area contributed by atoms with Crippen LogP contribution >= 0.6 is 0 Å². The molecule has 3 aromatic rings. The van der Waals surface area contributed by atoms with E-state index in [0.717, 1.165) is 49.9 Å². The Morgan fingerprint density at radius 1 is 1.00 bits per heavy atom. The topological polar surface area (TPSA) is 89.9 Å². The lowest BCUT2D eigenvalue weighted by Gasteiger charge is -2.25. The van der Waals surface area contributed by atoms with Gasteiger partial charge in [0.2, 0.25) is 0 Å². The number of ether oxygens (including phenoxy) is 3. The molecule has 0 bridgehead atoms. The SMILES string of the molecule is CC(O)(CNC(=O)c1ccc(OC2CC2)c(OC2CC2)c1)c1cc2c(c(-c3ccc(F)c(F)c3)n1)OC[C@H]2C(F)(F)F. The number of rotatable bonds is 9. The van der Waals surface area contributed by atoms with Gasteiger partial charge in [0.15, 0.2) is 23.1 Å². The van der Waals surface area contributed by atoms with Crippen molar-refractivity contribution in [2.24, 2.45) is 0 Å². The molecular formula is C30H27F5N2O5. The number of alkyl halides is 3. The van der Waals surface area contributed by atoms with Gasteiger partial charge in [-0.25, -0.2) is 13.8 Å². The second-order valence-electron chi connectivity index (χ2n) is 11.1. The minimum absolute atomic E-state index is 0.0358. The molecule has 12 heteroatoms. The summed E-state index contributed by atoms with van der Waals surface area (Å²) in [6.45, 7) is 0.125. The fourth-order valence-electron chi connectivity index (χ4n) is 4.62. The molecule has 6 rings (SSSR count). The Labute approximate surface area is 237 Å². The summed E-state index contributed by atoms with van der Waals surface area (Å²) in [4.78, 5) is 17.4. The molecule has 0 radical (unpaired) electrons. The van der Waals surface area contributed by atoms with E-state index in [4.69, 9.17) is 14.2 Å². The van der Waals surface area contributed by atoms with Crippen LogP contribution in [0.3, 0.4) is 0 Å². The van der Waals surface area contributed by atoms with Crippen LogP contribution < -0.4 is 19.5 Å². The second-order valence-corrected chi connectivity index (χ2v) is 11.1. The number of hydrogen-bond donors (Lipinski definition) is 2. The predicted molar refractivity (Wildman–Crippen MR) is 140 cm³/mol. The Balaban J connectivity index is 1.27. The number of nitrogens with zero attached hydrogens (tertiary/aromatic N) is 1. The Hall–Kier alpha value is -3.93. The first-order valence-electron chi connectivity index (χ1n) is 13.6. The number of carbonyl (C=O) groups is 1. The second kappa shape index (κ2) is 10.4. The van der Waals surface area contributed by atoms with Crippen LogP contribution in [0.15, 0.2) is 42.5 Å². The van der Waals surface area contributed by atoms with E-state index in [-0.39, 0.29) is 46.0 Å². The molecule has 0 saturated heterocycles. The maximum absolute atomic E-state index is 14.0. The van der Waals surface area contributed by atoms with Crippen molar-refractivity contribution in [2.75, 3.05) is 13.2 Å². The van der Waals surface area contributed by atoms with Gasteiger partial charge in [0, 0.05) is 16.7 Å². The standard InChI is InChI=1S/C30H27F5N2O5/c1-29(39,14-36-28(38)16-3-9-23(41-17-4-5-17)24(11-16)42-18-6-7-18)25-12-19-20(30(33,34)35)13-40-27(19)26(37-25)15-2-8-21(31)22(32)10-15/h2-3,8-12,17-18,20,39H,4-7,13-14H2,1H3,(H,36,38)/t20-,29?/m1/s1. The van der Waals surface area contributed by atoms with Crippen LogP contribution in [-0.2, 0) is 5.60 Å². The van der Waals surface area contributed by atoms with Crippen LogP contribution in [0, 0.1) is 11.6 Å². The summed E-state index contributed by atoms with van der Waals surface area (Å²) in [5.41, 5.74) is -2.46. The van der Waals surface area contributed by atoms with E-state index >= 15 is 0 Å². The lowest BCUT2D eigenvalue weighted by molar-refractivity contribution is -0.151. The molecule has 2 aromatic carbocycles. The monoisotopic (exact) mass is 590 g/mol. The number of benzene rings is 2. The summed E-state index contributed by atoms with van der Waals surface area (Å²) in [5.74, 6) is -4.20. The molecule has 2 saturated carbocycles. The molecule has 3 aliphatic rings. The highest BCUT2D eigenvalue weighted by molar-refractivity contribution is 5.95. The molecule has 2 fully saturated rings. The van der Waals surface area contributed by atoms with Crippen molar-refractivity contribution in [3.05, 3.63) is 70.9 Å². The lowest BCUT2D eigenvalue weighted by Crippen LogP contribution is -2.39. The average Bonchev–Trinajstić information content (AvgIpc) is 3.87. The number of halogens is 5. The number of nitrogens with one attached hydrogen (secondary N) is 1. The molecule has 1 amide bonds. The highest BCUT2D eigenvalue weighted by Gasteiger charge is 2.48. The summed E-state index contributed by atoms with van der Waals surface area (Å²) in [5, 5.41) is 13.9. The van der Waals surface area contributed by atoms with Gasteiger partial charge in [-0.3, -0.25) is 4.79 Å². The predicted octanol–water partition coefficient (Wildman–Crippen LogP) is 5.79. The minimum Gasteiger partial charge on any atom is -0.490 e. The molecule has 2 aliphatic carbocycles. The van der Waals surface area contributed by atoms with E-state index in [1.165, 1.54) is 6.92 Å². The summed E-state index contributed by atoms with van der Waals surface area (Å²) in [6, 6.07) is 8.60. The van der Waals surface area contributed by atoms with Gasteiger partial charge in [0.25, 0.3) is 5.91 Å². The van der Waals surface area contributed by atoms with Crippen LogP contribution in [0.2, 0.25) is 0 Å². The highest BCUT2D eigenvalue weighted by Crippen LogP contribution is 2.48. The zero-order valence-electron chi connectivity index (χ0n) is 22.4. The first-order valence-corrected chi connectivity index (χ1v) is 13.6. The van der Waals surface area contributed by atoms with E-state index in [1.54, 1.807) is 18.2 Å². The van der Waals surface area contributed by atoms with Gasteiger partial charge in [0.05, 0.1) is 24.4 Å². The van der Waals surface area contributed by atoms with Crippen LogP contribution in [0.5, 0.6) is 17.2 Å². The average molecular weight is 591 g/mol. The minimum atomic E-state index is -4.68. The lowest BCUT2D eigenvalue weighted by atomic mass is 9.93. The largest absolute Gasteiger partial charge is 0.490 e. The molecule has 222 valence electrons. The van der Waals surface area contributed by atoms with Gasteiger partial charge in [-0.05, 0) is 75.1 Å². The molecule has 7 nitrogen and oxygen atoms in total. The Kier molecular flexibility index (Phi) is 6.99. The molecule has 42 heavy (non-hydrogen) atoms. The van der Waals surface area contributed by atoms with E-state index in [9.17, 15) is 31.9 Å². The smallest absolute Gasteiger partial charge is 0.399 e. The van der Waals surface area contributed by atoms with Crippen molar-refractivity contribution in [1.82, 2.24) is 10.3 Å². The van der Waals surface area contributed by atoms with Gasteiger partial charge in [-0.15, -0.1) is 0 Å². The third-order valence-corrected chi connectivity index (χ3v) is 7.35. The quantitative estimate of drug-likeness (QED) is 0.307.